The fourth-order valence-corrected chi connectivity index (χ4v) is 5.17. The number of nitrogens with zero attached hydrogens (tertiary/aromatic N) is 1. The van der Waals surface area contributed by atoms with Crippen molar-refractivity contribution in [1.29, 1.82) is 0 Å². The molecule has 0 radical (unpaired) electrons. The molecule has 3 rings (SSSR count). The van der Waals surface area contributed by atoms with Gasteiger partial charge >= 0.3 is 0 Å². The molecule has 1 aliphatic heterocycles. The summed E-state index contributed by atoms with van der Waals surface area (Å²) in [6, 6.07) is 5.31. The lowest BCUT2D eigenvalue weighted by Crippen LogP contribution is -2.44. The van der Waals surface area contributed by atoms with Gasteiger partial charge in [-0.05, 0) is 44.1 Å². The van der Waals surface area contributed by atoms with Crippen molar-refractivity contribution >= 4 is 29.0 Å². The first-order valence-electron chi connectivity index (χ1n) is 8.40. The van der Waals surface area contributed by atoms with Gasteiger partial charge in [0, 0.05) is 47.5 Å². The first-order valence-corrected chi connectivity index (χ1v) is 10.4. The molecular formula is C17H26N2OS2. The van der Waals surface area contributed by atoms with E-state index in [9.17, 15) is 4.79 Å². The number of thiophene rings is 1. The van der Waals surface area contributed by atoms with Gasteiger partial charge in [-0.2, -0.15) is 11.8 Å². The van der Waals surface area contributed by atoms with E-state index in [0.717, 1.165) is 50.3 Å². The Balaban J connectivity index is 1.44. The average molecular weight is 339 g/mol. The molecule has 1 N–H and O–H groups in total. The maximum Gasteiger partial charge on any atom is 0.225 e. The van der Waals surface area contributed by atoms with Crippen LogP contribution in [0.2, 0.25) is 0 Å². The van der Waals surface area contributed by atoms with E-state index in [2.05, 4.69) is 34.7 Å². The number of nitrogens with one attached hydrogen (secondary N) is 1. The Labute approximate surface area is 141 Å². The minimum absolute atomic E-state index is 0.276. The summed E-state index contributed by atoms with van der Waals surface area (Å²) in [6.07, 6.45) is 4.37. The number of carbonyl (C=O) groups excluding carboxylic acids is 1. The molecule has 0 aromatic carbocycles. The molecule has 1 saturated carbocycles. The summed E-state index contributed by atoms with van der Waals surface area (Å²) in [5, 5.41) is 5.88. The van der Waals surface area contributed by atoms with Crippen molar-refractivity contribution in [3.05, 3.63) is 22.4 Å². The van der Waals surface area contributed by atoms with E-state index in [1.165, 1.54) is 4.88 Å². The molecule has 5 heteroatoms. The average Bonchev–Trinajstić information content (AvgIpc) is 3.10. The number of carbonyl (C=O) groups is 1. The molecule has 22 heavy (non-hydrogen) atoms. The minimum atomic E-state index is 0.276. The van der Waals surface area contributed by atoms with Crippen molar-refractivity contribution in [3.8, 4) is 0 Å². The van der Waals surface area contributed by atoms with Crippen LogP contribution in [-0.2, 0) is 4.79 Å². The van der Waals surface area contributed by atoms with Crippen LogP contribution in [0.15, 0.2) is 17.5 Å². The molecule has 3 nitrogen and oxygen atoms in total. The van der Waals surface area contributed by atoms with Crippen LogP contribution in [-0.4, -0.2) is 41.4 Å². The summed E-state index contributed by atoms with van der Waals surface area (Å²) in [6.45, 7) is 4.16. The van der Waals surface area contributed by atoms with Gasteiger partial charge in [-0.1, -0.05) is 6.07 Å². The third-order valence-electron chi connectivity index (χ3n) is 4.85. The molecular weight excluding hydrogens is 312 g/mol. The molecule has 2 aliphatic rings. The maximum absolute atomic E-state index is 12.6. The zero-order valence-corrected chi connectivity index (χ0v) is 14.9. The summed E-state index contributed by atoms with van der Waals surface area (Å²) < 4.78 is 0. The van der Waals surface area contributed by atoms with E-state index in [4.69, 9.17) is 0 Å². The molecule has 1 atom stereocenters. The summed E-state index contributed by atoms with van der Waals surface area (Å²) in [4.78, 5) is 16.1. The zero-order chi connectivity index (χ0) is 15.4. The van der Waals surface area contributed by atoms with E-state index in [1.54, 1.807) is 0 Å². The monoisotopic (exact) mass is 338 g/mol. The Hall–Kier alpha value is -0.520. The fourth-order valence-electron chi connectivity index (χ4n) is 3.52. The Morgan fingerprint density at radius 2 is 2.00 bits per heavy atom. The van der Waals surface area contributed by atoms with Crippen molar-refractivity contribution in [3.63, 3.8) is 0 Å². The van der Waals surface area contributed by atoms with Crippen LogP contribution in [0.1, 0.15) is 43.5 Å². The SMILES string of the molecule is CC(NC1CCC(C(=O)N2CCSCC2)CC1)c1cccs1. The molecule has 1 saturated heterocycles. The normalized spacial score (nSPS) is 27.6. The van der Waals surface area contributed by atoms with Gasteiger partial charge in [0.25, 0.3) is 0 Å². The number of hydrogen-bond donors (Lipinski definition) is 1. The third-order valence-corrected chi connectivity index (χ3v) is 6.85. The van der Waals surface area contributed by atoms with E-state index in [-0.39, 0.29) is 5.92 Å². The second-order valence-corrected chi connectivity index (χ2v) is 8.59. The van der Waals surface area contributed by atoms with Crippen LogP contribution in [0.4, 0.5) is 0 Å². The van der Waals surface area contributed by atoms with Crippen molar-refractivity contribution in [2.24, 2.45) is 5.92 Å². The number of hydrogen-bond acceptors (Lipinski definition) is 4. The summed E-state index contributed by atoms with van der Waals surface area (Å²) in [5.74, 6) is 2.92. The highest BCUT2D eigenvalue weighted by Crippen LogP contribution is 2.29. The minimum Gasteiger partial charge on any atom is -0.341 e. The summed E-state index contributed by atoms with van der Waals surface area (Å²) in [7, 11) is 0. The predicted octanol–water partition coefficient (Wildman–Crippen LogP) is 3.53. The van der Waals surface area contributed by atoms with Crippen molar-refractivity contribution in [2.75, 3.05) is 24.6 Å². The molecule has 1 unspecified atom stereocenters. The van der Waals surface area contributed by atoms with Crippen molar-refractivity contribution in [2.45, 2.75) is 44.7 Å². The van der Waals surface area contributed by atoms with E-state index in [0.29, 0.717) is 18.0 Å². The second kappa shape index (κ2) is 7.84. The van der Waals surface area contributed by atoms with Crippen LogP contribution < -0.4 is 5.32 Å². The maximum atomic E-state index is 12.6. The van der Waals surface area contributed by atoms with Crippen LogP contribution >= 0.6 is 23.1 Å². The smallest absolute Gasteiger partial charge is 0.225 e. The molecule has 1 aromatic heterocycles. The largest absolute Gasteiger partial charge is 0.341 e. The predicted molar refractivity (Wildman–Crippen MR) is 95.5 cm³/mol. The number of amides is 1. The van der Waals surface area contributed by atoms with Gasteiger partial charge in [-0.15, -0.1) is 11.3 Å². The van der Waals surface area contributed by atoms with Gasteiger partial charge in [0.1, 0.15) is 0 Å². The van der Waals surface area contributed by atoms with E-state index >= 15 is 0 Å². The first-order chi connectivity index (χ1) is 10.7. The molecule has 2 heterocycles. The Morgan fingerprint density at radius 1 is 1.27 bits per heavy atom. The highest BCUT2D eigenvalue weighted by Gasteiger charge is 2.30. The Kier molecular flexibility index (Phi) is 5.83. The highest BCUT2D eigenvalue weighted by atomic mass is 32.2. The van der Waals surface area contributed by atoms with Crippen molar-refractivity contribution < 1.29 is 4.79 Å². The quantitative estimate of drug-likeness (QED) is 0.911. The van der Waals surface area contributed by atoms with Crippen LogP contribution in [0.25, 0.3) is 0 Å². The molecule has 1 amide bonds. The summed E-state index contributed by atoms with van der Waals surface area (Å²) in [5.41, 5.74) is 0. The summed E-state index contributed by atoms with van der Waals surface area (Å²) >= 11 is 3.78. The van der Waals surface area contributed by atoms with Gasteiger partial charge in [0.05, 0.1) is 0 Å². The molecule has 122 valence electrons. The van der Waals surface area contributed by atoms with Crippen molar-refractivity contribution in [1.82, 2.24) is 10.2 Å². The second-order valence-electron chi connectivity index (χ2n) is 6.39. The Bertz CT molecular complexity index is 463. The van der Waals surface area contributed by atoms with E-state index in [1.807, 2.05) is 23.1 Å². The fraction of sp³-hybridized carbons (Fsp3) is 0.706. The van der Waals surface area contributed by atoms with Crippen LogP contribution in [0.3, 0.4) is 0 Å². The molecule has 1 aromatic rings. The van der Waals surface area contributed by atoms with Gasteiger partial charge in [0.15, 0.2) is 0 Å². The molecule has 0 bridgehead atoms. The van der Waals surface area contributed by atoms with E-state index < -0.39 is 0 Å². The highest BCUT2D eigenvalue weighted by molar-refractivity contribution is 7.99. The van der Waals surface area contributed by atoms with Crippen LogP contribution in [0.5, 0.6) is 0 Å². The van der Waals surface area contributed by atoms with Crippen LogP contribution in [0, 0.1) is 5.92 Å². The molecule has 0 spiro atoms. The zero-order valence-electron chi connectivity index (χ0n) is 13.3. The lowest BCUT2D eigenvalue weighted by molar-refractivity contribution is -0.136. The molecule has 1 aliphatic carbocycles. The van der Waals surface area contributed by atoms with Gasteiger partial charge < -0.3 is 10.2 Å². The lowest BCUT2D eigenvalue weighted by Gasteiger charge is -2.34. The number of thioether (sulfide) groups is 1. The number of rotatable bonds is 4. The third kappa shape index (κ3) is 4.06. The van der Waals surface area contributed by atoms with Gasteiger partial charge in [-0.25, -0.2) is 0 Å². The van der Waals surface area contributed by atoms with Gasteiger partial charge in [-0.3, -0.25) is 4.79 Å². The van der Waals surface area contributed by atoms with Gasteiger partial charge in [0.2, 0.25) is 5.91 Å². The first kappa shape index (κ1) is 16.3. The molecule has 2 fully saturated rings. The standard InChI is InChI=1S/C17H26N2OS2/c1-13(16-3-2-10-22-16)18-15-6-4-14(5-7-15)17(20)19-8-11-21-12-9-19/h2-3,10,13-15,18H,4-9,11-12H2,1H3. The lowest BCUT2D eigenvalue weighted by atomic mass is 9.84. The topological polar surface area (TPSA) is 32.3 Å². The Morgan fingerprint density at radius 3 is 2.64 bits per heavy atom.